The van der Waals surface area contributed by atoms with Crippen LogP contribution in [0.3, 0.4) is 0 Å². The lowest BCUT2D eigenvalue weighted by Gasteiger charge is -2.12. The second-order valence-electron chi connectivity index (χ2n) is 2.06. The Morgan fingerprint density at radius 3 is 1.67 bits per heavy atom. The molecule has 0 bridgehead atoms. The Balaban J connectivity index is 3.96. The molecule has 0 unspecified atom stereocenters. The summed E-state index contributed by atoms with van der Waals surface area (Å²) in [5.74, 6) is 0. The largest absolute Gasteiger partial charge is 0.328 e. The van der Waals surface area contributed by atoms with Gasteiger partial charge in [-0.3, -0.25) is 4.57 Å². The molecule has 2 N–H and O–H groups in total. The van der Waals surface area contributed by atoms with E-state index in [4.69, 9.17) is 9.79 Å². The van der Waals surface area contributed by atoms with Gasteiger partial charge in [0, 0.05) is 0 Å². The summed E-state index contributed by atoms with van der Waals surface area (Å²) in [5.41, 5.74) is -0.433. The summed E-state index contributed by atoms with van der Waals surface area (Å²) in [6.45, 7) is 3.57. The molecule has 0 aromatic rings. The second-order valence-corrected chi connectivity index (χ2v) is 3.97. The SMILES string of the molecule is CCC(CC)P(=O)(O)O. The van der Waals surface area contributed by atoms with Gasteiger partial charge >= 0.3 is 7.60 Å². The molecule has 0 aromatic heterocycles. The predicted molar refractivity (Wildman–Crippen MR) is 36.4 cm³/mol. The van der Waals surface area contributed by atoms with E-state index in [0.29, 0.717) is 12.8 Å². The van der Waals surface area contributed by atoms with Crippen LogP contribution in [-0.4, -0.2) is 15.4 Å². The molecule has 0 saturated heterocycles. The van der Waals surface area contributed by atoms with E-state index in [0.717, 1.165) is 0 Å². The fourth-order valence-electron chi connectivity index (χ4n) is 0.764. The van der Waals surface area contributed by atoms with Crippen LogP contribution in [-0.2, 0) is 4.57 Å². The van der Waals surface area contributed by atoms with E-state index >= 15 is 0 Å². The van der Waals surface area contributed by atoms with Gasteiger partial charge in [-0.15, -0.1) is 0 Å². The average Bonchev–Trinajstić information content (AvgIpc) is 1.65. The van der Waals surface area contributed by atoms with Crippen molar-refractivity contribution in [1.29, 1.82) is 0 Å². The van der Waals surface area contributed by atoms with Gasteiger partial charge in [-0.2, -0.15) is 0 Å². The molecule has 0 aliphatic carbocycles. The Morgan fingerprint density at radius 1 is 1.33 bits per heavy atom. The monoisotopic (exact) mass is 152 g/mol. The van der Waals surface area contributed by atoms with Crippen molar-refractivity contribution < 1.29 is 14.4 Å². The van der Waals surface area contributed by atoms with Crippen LogP contribution in [0, 0.1) is 0 Å². The second kappa shape index (κ2) is 3.35. The molecule has 3 nitrogen and oxygen atoms in total. The van der Waals surface area contributed by atoms with Gasteiger partial charge in [0.2, 0.25) is 0 Å². The lowest BCUT2D eigenvalue weighted by molar-refractivity contribution is 0.354. The third-order valence-corrected chi connectivity index (χ3v) is 3.10. The van der Waals surface area contributed by atoms with Crippen molar-refractivity contribution in [2.24, 2.45) is 0 Å². The molecule has 56 valence electrons. The van der Waals surface area contributed by atoms with E-state index in [9.17, 15) is 4.57 Å². The average molecular weight is 152 g/mol. The van der Waals surface area contributed by atoms with Gasteiger partial charge in [-0.1, -0.05) is 13.8 Å². The summed E-state index contributed by atoms with van der Waals surface area (Å²) in [6, 6.07) is 0. The summed E-state index contributed by atoms with van der Waals surface area (Å²) < 4.78 is 10.5. The van der Waals surface area contributed by atoms with Gasteiger partial charge < -0.3 is 9.79 Å². The number of hydrogen-bond donors (Lipinski definition) is 2. The first-order chi connectivity index (χ1) is 4.02. The molecule has 0 radical (unpaired) electrons. The maximum Gasteiger partial charge on any atom is 0.328 e. The summed E-state index contributed by atoms with van der Waals surface area (Å²) in [5, 5.41) is 0. The smallest absolute Gasteiger partial charge is 0.324 e. The highest BCUT2D eigenvalue weighted by Gasteiger charge is 2.24. The zero-order chi connectivity index (χ0) is 7.49. The fourth-order valence-corrected chi connectivity index (χ4v) is 1.72. The molecule has 0 aliphatic heterocycles. The lowest BCUT2D eigenvalue weighted by atomic mass is 10.3. The lowest BCUT2D eigenvalue weighted by Crippen LogP contribution is -2.04. The quantitative estimate of drug-likeness (QED) is 0.600. The van der Waals surface area contributed by atoms with Crippen LogP contribution in [0.15, 0.2) is 0 Å². The molecule has 0 rings (SSSR count). The van der Waals surface area contributed by atoms with Gasteiger partial charge in [0.15, 0.2) is 0 Å². The van der Waals surface area contributed by atoms with E-state index in [-0.39, 0.29) is 0 Å². The molecule has 0 saturated carbocycles. The Morgan fingerprint density at radius 2 is 1.67 bits per heavy atom. The molecule has 0 aliphatic rings. The molecule has 0 atom stereocenters. The third-order valence-electron chi connectivity index (χ3n) is 1.42. The Kier molecular flexibility index (Phi) is 3.41. The van der Waals surface area contributed by atoms with Crippen molar-refractivity contribution in [3.63, 3.8) is 0 Å². The van der Waals surface area contributed by atoms with Gasteiger partial charge in [0.1, 0.15) is 0 Å². The minimum atomic E-state index is -3.78. The van der Waals surface area contributed by atoms with Crippen molar-refractivity contribution in [2.75, 3.05) is 0 Å². The van der Waals surface area contributed by atoms with E-state index in [1.165, 1.54) is 0 Å². The Hall–Kier alpha value is 0.150. The van der Waals surface area contributed by atoms with Crippen LogP contribution in [0.1, 0.15) is 26.7 Å². The first-order valence-corrected chi connectivity index (χ1v) is 4.75. The molecule has 0 aromatic carbocycles. The zero-order valence-corrected chi connectivity index (χ0v) is 6.64. The maximum absolute atomic E-state index is 10.5. The van der Waals surface area contributed by atoms with Crippen molar-refractivity contribution in [2.45, 2.75) is 32.3 Å². The van der Waals surface area contributed by atoms with Crippen LogP contribution in [0.4, 0.5) is 0 Å². The molecule has 0 fully saturated rings. The molecule has 4 heteroatoms. The highest BCUT2D eigenvalue weighted by molar-refractivity contribution is 7.52. The van der Waals surface area contributed by atoms with Crippen LogP contribution >= 0.6 is 7.60 Å². The van der Waals surface area contributed by atoms with Crippen LogP contribution < -0.4 is 0 Å². The van der Waals surface area contributed by atoms with Crippen molar-refractivity contribution in [3.05, 3.63) is 0 Å². The molecule has 0 amide bonds. The van der Waals surface area contributed by atoms with Gasteiger partial charge in [-0.05, 0) is 12.8 Å². The first-order valence-electron chi connectivity index (χ1n) is 3.07. The molecular formula is C5H13O3P. The fraction of sp³-hybridized carbons (Fsp3) is 1.00. The highest BCUT2D eigenvalue weighted by atomic mass is 31.2. The van der Waals surface area contributed by atoms with Crippen molar-refractivity contribution >= 4 is 7.60 Å². The molecule has 0 spiro atoms. The van der Waals surface area contributed by atoms with E-state index in [2.05, 4.69) is 0 Å². The van der Waals surface area contributed by atoms with Crippen LogP contribution in [0.25, 0.3) is 0 Å². The number of rotatable bonds is 3. The molecule has 9 heavy (non-hydrogen) atoms. The van der Waals surface area contributed by atoms with Gasteiger partial charge in [-0.25, -0.2) is 0 Å². The summed E-state index contributed by atoms with van der Waals surface area (Å²) in [4.78, 5) is 17.2. The maximum atomic E-state index is 10.5. The minimum Gasteiger partial charge on any atom is -0.324 e. The van der Waals surface area contributed by atoms with E-state index < -0.39 is 13.3 Å². The summed E-state index contributed by atoms with van der Waals surface area (Å²) in [6.07, 6.45) is 1.11. The topological polar surface area (TPSA) is 57.5 Å². The number of hydrogen-bond acceptors (Lipinski definition) is 1. The van der Waals surface area contributed by atoms with Crippen LogP contribution in [0.2, 0.25) is 0 Å². The normalized spacial score (nSPS) is 12.6. The molecular weight excluding hydrogens is 139 g/mol. The zero-order valence-electron chi connectivity index (χ0n) is 5.74. The van der Waals surface area contributed by atoms with Crippen molar-refractivity contribution in [3.8, 4) is 0 Å². The van der Waals surface area contributed by atoms with E-state index in [1.54, 1.807) is 13.8 Å². The highest BCUT2D eigenvalue weighted by Crippen LogP contribution is 2.44. The Labute approximate surface area is 55.3 Å². The predicted octanol–water partition coefficient (Wildman–Crippen LogP) is 1.35. The molecule has 0 heterocycles. The van der Waals surface area contributed by atoms with E-state index in [1.807, 2.05) is 0 Å². The van der Waals surface area contributed by atoms with Crippen LogP contribution in [0.5, 0.6) is 0 Å². The first kappa shape index (κ1) is 9.15. The minimum absolute atomic E-state index is 0.433. The Bertz CT molecular complexity index is 113. The van der Waals surface area contributed by atoms with Crippen molar-refractivity contribution in [1.82, 2.24) is 0 Å². The summed E-state index contributed by atoms with van der Waals surface area (Å²) >= 11 is 0. The standard InChI is InChI=1S/C5H13O3P/c1-3-5(4-2)9(6,7)8/h5H,3-4H2,1-2H3,(H2,6,7,8). The van der Waals surface area contributed by atoms with Gasteiger partial charge in [0.05, 0.1) is 5.66 Å². The summed E-state index contributed by atoms with van der Waals surface area (Å²) in [7, 11) is -3.78. The third kappa shape index (κ3) is 2.99. The van der Waals surface area contributed by atoms with Gasteiger partial charge in [0.25, 0.3) is 0 Å².